The fraction of sp³-hybridized carbons (Fsp3) is 0.143. The molecule has 0 bridgehead atoms. The summed E-state index contributed by atoms with van der Waals surface area (Å²) in [6.07, 6.45) is 3.74. The van der Waals surface area contributed by atoms with Gasteiger partial charge in [-0.25, -0.2) is 4.98 Å². The van der Waals surface area contributed by atoms with Crippen molar-refractivity contribution in [3.05, 3.63) is 53.1 Å². The SMILES string of the molecule is [C-]#[N+]c1ncccc1OCc1cnc(OC)cc1C=O. The van der Waals surface area contributed by atoms with E-state index in [1.807, 2.05) is 0 Å². The average molecular weight is 269 g/mol. The Morgan fingerprint density at radius 1 is 1.45 bits per heavy atom. The summed E-state index contributed by atoms with van der Waals surface area (Å²) in [5, 5.41) is 0. The van der Waals surface area contributed by atoms with Gasteiger partial charge in [-0.3, -0.25) is 4.79 Å². The molecule has 20 heavy (non-hydrogen) atoms. The highest BCUT2D eigenvalue weighted by Crippen LogP contribution is 2.25. The highest BCUT2D eigenvalue weighted by Gasteiger charge is 2.08. The number of nitrogens with zero attached hydrogens (tertiary/aromatic N) is 3. The molecule has 0 fully saturated rings. The van der Waals surface area contributed by atoms with Gasteiger partial charge in [-0.1, -0.05) is 6.57 Å². The van der Waals surface area contributed by atoms with E-state index < -0.39 is 0 Å². The maximum Gasteiger partial charge on any atom is 0.311 e. The van der Waals surface area contributed by atoms with Crippen LogP contribution in [0.15, 0.2) is 30.6 Å². The molecule has 0 spiro atoms. The molecule has 0 aliphatic carbocycles. The fourth-order valence-corrected chi connectivity index (χ4v) is 1.56. The Morgan fingerprint density at radius 2 is 2.30 bits per heavy atom. The average Bonchev–Trinajstić information content (AvgIpc) is 2.52. The van der Waals surface area contributed by atoms with E-state index >= 15 is 0 Å². The molecule has 2 heterocycles. The molecule has 2 aromatic rings. The van der Waals surface area contributed by atoms with E-state index in [1.54, 1.807) is 12.1 Å². The number of ether oxygens (including phenoxy) is 2. The number of pyridine rings is 2. The molecule has 0 saturated carbocycles. The maximum absolute atomic E-state index is 11.0. The number of methoxy groups -OCH3 is 1. The summed E-state index contributed by atoms with van der Waals surface area (Å²) in [6, 6.07) is 4.86. The van der Waals surface area contributed by atoms with E-state index in [0.29, 0.717) is 29.0 Å². The van der Waals surface area contributed by atoms with Crippen molar-refractivity contribution < 1.29 is 14.3 Å². The summed E-state index contributed by atoms with van der Waals surface area (Å²) in [5.74, 6) is 0.913. The van der Waals surface area contributed by atoms with Crippen LogP contribution in [0.2, 0.25) is 0 Å². The second kappa shape index (κ2) is 6.29. The quantitative estimate of drug-likeness (QED) is 0.616. The molecular formula is C14H11N3O3. The Labute approximate surface area is 115 Å². The van der Waals surface area contributed by atoms with Gasteiger partial charge in [-0.15, -0.1) is 4.98 Å². The minimum atomic E-state index is 0.124. The lowest BCUT2D eigenvalue weighted by Gasteiger charge is -2.09. The van der Waals surface area contributed by atoms with Crippen LogP contribution in [0.4, 0.5) is 5.82 Å². The number of carbonyl (C=O) groups is 1. The minimum Gasteiger partial charge on any atom is -0.498 e. The van der Waals surface area contributed by atoms with E-state index in [4.69, 9.17) is 16.0 Å². The van der Waals surface area contributed by atoms with E-state index in [9.17, 15) is 4.79 Å². The van der Waals surface area contributed by atoms with E-state index in [1.165, 1.54) is 25.6 Å². The van der Waals surface area contributed by atoms with Crippen molar-refractivity contribution in [1.82, 2.24) is 9.97 Å². The second-order valence-corrected chi connectivity index (χ2v) is 3.77. The third kappa shape index (κ3) is 2.90. The fourth-order valence-electron chi connectivity index (χ4n) is 1.56. The van der Waals surface area contributed by atoms with Crippen molar-refractivity contribution in [3.8, 4) is 11.6 Å². The lowest BCUT2D eigenvalue weighted by atomic mass is 10.1. The molecule has 0 saturated heterocycles. The van der Waals surface area contributed by atoms with E-state index in [0.717, 1.165) is 0 Å². The number of hydrogen-bond donors (Lipinski definition) is 0. The zero-order valence-corrected chi connectivity index (χ0v) is 10.7. The lowest BCUT2D eigenvalue weighted by molar-refractivity contribution is 0.112. The van der Waals surface area contributed by atoms with Crippen molar-refractivity contribution in [2.75, 3.05) is 7.11 Å². The standard InChI is InChI=1S/C14H11N3O3/c1-15-14-12(4-3-5-16-14)20-9-11-7-17-13(19-2)6-10(11)8-18/h3-8H,9H2,2H3. The molecule has 0 atom stereocenters. The van der Waals surface area contributed by atoms with E-state index in [-0.39, 0.29) is 12.4 Å². The number of hydrogen-bond acceptors (Lipinski definition) is 5. The van der Waals surface area contributed by atoms with Crippen LogP contribution in [0.1, 0.15) is 15.9 Å². The molecule has 0 aliphatic heterocycles. The first-order valence-electron chi connectivity index (χ1n) is 5.72. The summed E-state index contributed by atoms with van der Waals surface area (Å²) in [5.41, 5.74) is 1.05. The van der Waals surface area contributed by atoms with Crippen LogP contribution in [-0.2, 0) is 6.61 Å². The predicted octanol–water partition coefficient (Wildman–Crippen LogP) is 2.43. The Hall–Kier alpha value is -2.94. The molecule has 0 radical (unpaired) electrons. The van der Waals surface area contributed by atoms with Gasteiger partial charge in [0.1, 0.15) is 18.6 Å². The van der Waals surface area contributed by atoms with Gasteiger partial charge in [0.2, 0.25) is 5.88 Å². The van der Waals surface area contributed by atoms with Crippen molar-refractivity contribution in [2.24, 2.45) is 0 Å². The van der Waals surface area contributed by atoms with Crippen LogP contribution in [0.5, 0.6) is 11.6 Å². The van der Waals surface area contributed by atoms with Gasteiger partial charge in [-0.05, 0) is 12.1 Å². The number of rotatable bonds is 5. The van der Waals surface area contributed by atoms with Crippen molar-refractivity contribution in [3.63, 3.8) is 0 Å². The van der Waals surface area contributed by atoms with Crippen molar-refractivity contribution >= 4 is 12.1 Å². The normalized spacial score (nSPS) is 9.60. The molecule has 2 rings (SSSR count). The second-order valence-electron chi connectivity index (χ2n) is 3.77. The van der Waals surface area contributed by atoms with Crippen LogP contribution in [-0.4, -0.2) is 23.4 Å². The zero-order valence-electron chi connectivity index (χ0n) is 10.7. The van der Waals surface area contributed by atoms with Crippen molar-refractivity contribution in [2.45, 2.75) is 6.61 Å². The van der Waals surface area contributed by atoms with Crippen LogP contribution in [0.25, 0.3) is 4.85 Å². The molecule has 100 valence electrons. The smallest absolute Gasteiger partial charge is 0.311 e. The first-order valence-corrected chi connectivity index (χ1v) is 5.72. The molecular weight excluding hydrogens is 258 g/mol. The summed E-state index contributed by atoms with van der Waals surface area (Å²) < 4.78 is 10.5. The monoisotopic (exact) mass is 269 g/mol. The Kier molecular flexibility index (Phi) is 4.24. The van der Waals surface area contributed by atoms with Gasteiger partial charge in [0, 0.05) is 23.4 Å². The van der Waals surface area contributed by atoms with Crippen LogP contribution in [0.3, 0.4) is 0 Å². The highest BCUT2D eigenvalue weighted by atomic mass is 16.5. The van der Waals surface area contributed by atoms with Gasteiger partial charge < -0.3 is 14.3 Å². The molecule has 2 aromatic heterocycles. The number of aromatic nitrogens is 2. The number of carbonyl (C=O) groups excluding carboxylic acids is 1. The molecule has 6 heteroatoms. The van der Waals surface area contributed by atoms with Crippen LogP contribution >= 0.6 is 0 Å². The van der Waals surface area contributed by atoms with Gasteiger partial charge in [0.25, 0.3) is 0 Å². The Morgan fingerprint density at radius 3 is 3.00 bits per heavy atom. The first-order chi connectivity index (χ1) is 9.78. The third-order valence-electron chi connectivity index (χ3n) is 2.57. The molecule has 0 amide bonds. The lowest BCUT2D eigenvalue weighted by Crippen LogP contribution is -2.02. The summed E-state index contributed by atoms with van der Waals surface area (Å²) in [6.45, 7) is 7.12. The molecule has 0 N–H and O–H groups in total. The van der Waals surface area contributed by atoms with Crippen LogP contribution in [0, 0.1) is 6.57 Å². The number of aldehydes is 1. The summed E-state index contributed by atoms with van der Waals surface area (Å²) in [4.78, 5) is 22.2. The topological polar surface area (TPSA) is 65.7 Å². The Balaban J connectivity index is 2.19. The van der Waals surface area contributed by atoms with Gasteiger partial charge >= 0.3 is 5.82 Å². The van der Waals surface area contributed by atoms with Crippen LogP contribution < -0.4 is 9.47 Å². The van der Waals surface area contributed by atoms with Crippen molar-refractivity contribution in [1.29, 1.82) is 0 Å². The largest absolute Gasteiger partial charge is 0.498 e. The predicted molar refractivity (Wildman–Crippen MR) is 71.0 cm³/mol. The third-order valence-corrected chi connectivity index (χ3v) is 2.57. The van der Waals surface area contributed by atoms with Gasteiger partial charge in [0.05, 0.1) is 7.11 Å². The zero-order chi connectivity index (χ0) is 14.4. The van der Waals surface area contributed by atoms with E-state index in [2.05, 4.69) is 14.8 Å². The Bertz CT molecular complexity index is 665. The summed E-state index contributed by atoms with van der Waals surface area (Å²) >= 11 is 0. The molecule has 0 aromatic carbocycles. The molecule has 0 aliphatic rings. The first kappa shape index (κ1) is 13.5. The minimum absolute atomic E-state index is 0.124. The highest BCUT2D eigenvalue weighted by molar-refractivity contribution is 5.77. The van der Waals surface area contributed by atoms with Gasteiger partial charge in [-0.2, -0.15) is 0 Å². The van der Waals surface area contributed by atoms with Gasteiger partial charge in [0.15, 0.2) is 6.29 Å². The molecule has 6 nitrogen and oxygen atoms in total. The summed E-state index contributed by atoms with van der Waals surface area (Å²) in [7, 11) is 1.48. The molecule has 0 unspecified atom stereocenters. The maximum atomic E-state index is 11.0.